The second-order valence-electron chi connectivity index (χ2n) is 5.96. The van der Waals surface area contributed by atoms with Crippen LogP contribution >= 0.6 is 0 Å². The molecule has 1 heterocycles. The van der Waals surface area contributed by atoms with Gasteiger partial charge in [-0.15, -0.1) is 0 Å². The maximum Gasteiger partial charge on any atom is 0.239 e. The number of likely N-dealkylation sites (tertiary alicyclic amines) is 1. The van der Waals surface area contributed by atoms with Crippen molar-refractivity contribution in [2.75, 3.05) is 13.1 Å². The Morgan fingerprint density at radius 1 is 1.00 bits per heavy atom. The Kier molecular flexibility index (Phi) is 5.48. The maximum absolute atomic E-state index is 12.4. The molecular formula is C15H28N2O. The molecule has 1 N–H and O–H groups in total. The molecule has 1 aliphatic heterocycles. The van der Waals surface area contributed by atoms with Crippen LogP contribution in [0.1, 0.15) is 64.7 Å². The highest BCUT2D eigenvalue weighted by molar-refractivity contribution is 5.81. The Bertz CT molecular complexity index is 253. The molecule has 1 amide bonds. The average molecular weight is 252 g/mol. The minimum atomic E-state index is 0.00574. The lowest BCUT2D eigenvalue weighted by molar-refractivity contribution is -0.133. The summed E-state index contributed by atoms with van der Waals surface area (Å²) < 4.78 is 0. The fourth-order valence-corrected chi connectivity index (χ4v) is 3.26. The quantitative estimate of drug-likeness (QED) is 0.837. The van der Waals surface area contributed by atoms with E-state index in [0.29, 0.717) is 11.9 Å². The molecule has 0 aromatic heterocycles. The number of hydrogen-bond acceptors (Lipinski definition) is 2. The van der Waals surface area contributed by atoms with E-state index in [2.05, 4.69) is 10.2 Å². The Balaban J connectivity index is 1.79. The maximum atomic E-state index is 12.4. The van der Waals surface area contributed by atoms with Gasteiger partial charge in [-0.1, -0.05) is 32.1 Å². The van der Waals surface area contributed by atoms with E-state index in [-0.39, 0.29) is 6.04 Å². The zero-order chi connectivity index (χ0) is 12.8. The second kappa shape index (κ2) is 7.13. The number of nitrogens with one attached hydrogen (secondary N) is 1. The van der Waals surface area contributed by atoms with Gasteiger partial charge in [-0.3, -0.25) is 4.79 Å². The predicted octanol–water partition coefficient (Wildman–Crippen LogP) is 2.70. The highest BCUT2D eigenvalue weighted by atomic mass is 16.2. The average Bonchev–Trinajstić information content (AvgIpc) is 2.68. The molecule has 3 heteroatoms. The first-order valence-corrected chi connectivity index (χ1v) is 7.82. The fraction of sp³-hybridized carbons (Fsp3) is 0.933. The van der Waals surface area contributed by atoms with Crippen molar-refractivity contribution >= 4 is 5.91 Å². The van der Waals surface area contributed by atoms with Crippen molar-refractivity contribution in [2.45, 2.75) is 76.8 Å². The van der Waals surface area contributed by atoms with E-state index >= 15 is 0 Å². The van der Waals surface area contributed by atoms with Gasteiger partial charge in [-0.05, 0) is 32.6 Å². The number of carbonyl (C=O) groups excluding carboxylic acids is 1. The van der Waals surface area contributed by atoms with Crippen LogP contribution < -0.4 is 5.32 Å². The molecule has 18 heavy (non-hydrogen) atoms. The van der Waals surface area contributed by atoms with Crippen LogP contribution in [0.4, 0.5) is 0 Å². The Labute approximate surface area is 111 Å². The van der Waals surface area contributed by atoms with E-state index in [1.165, 1.54) is 57.8 Å². The largest absolute Gasteiger partial charge is 0.341 e. The molecule has 0 radical (unpaired) electrons. The van der Waals surface area contributed by atoms with Crippen LogP contribution in [0.2, 0.25) is 0 Å². The highest BCUT2D eigenvalue weighted by Gasteiger charge is 2.24. The summed E-state index contributed by atoms with van der Waals surface area (Å²) in [5.41, 5.74) is 0. The molecule has 1 saturated carbocycles. The molecule has 1 aliphatic carbocycles. The molecule has 3 nitrogen and oxygen atoms in total. The number of amides is 1. The van der Waals surface area contributed by atoms with Gasteiger partial charge in [0.25, 0.3) is 0 Å². The van der Waals surface area contributed by atoms with Gasteiger partial charge < -0.3 is 10.2 Å². The molecule has 0 bridgehead atoms. The first-order chi connectivity index (χ1) is 8.77. The van der Waals surface area contributed by atoms with Crippen molar-refractivity contribution in [2.24, 2.45) is 0 Å². The molecule has 104 valence electrons. The van der Waals surface area contributed by atoms with E-state index in [0.717, 1.165) is 13.1 Å². The molecule has 0 spiro atoms. The van der Waals surface area contributed by atoms with E-state index in [1.807, 2.05) is 6.92 Å². The van der Waals surface area contributed by atoms with Crippen LogP contribution in [0.5, 0.6) is 0 Å². The normalized spacial score (nSPS) is 24.6. The van der Waals surface area contributed by atoms with Crippen molar-refractivity contribution < 1.29 is 4.79 Å². The summed E-state index contributed by atoms with van der Waals surface area (Å²) in [5.74, 6) is 0.322. The summed E-state index contributed by atoms with van der Waals surface area (Å²) in [6, 6.07) is 0.580. The van der Waals surface area contributed by atoms with Gasteiger partial charge in [0.2, 0.25) is 5.91 Å². The van der Waals surface area contributed by atoms with Gasteiger partial charge in [0.1, 0.15) is 0 Å². The zero-order valence-corrected chi connectivity index (χ0v) is 11.8. The third kappa shape index (κ3) is 3.98. The van der Waals surface area contributed by atoms with Gasteiger partial charge in [0, 0.05) is 19.1 Å². The van der Waals surface area contributed by atoms with Crippen LogP contribution in [0.15, 0.2) is 0 Å². The lowest BCUT2D eigenvalue weighted by Gasteiger charge is -2.29. The molecule has 2 rings (SSSR count). The summed E-state index contributed by atoms with van der Waals surface area (Å²) in [5, 5.41) is 3.55. The lowest BCUT2D eigenvalue weighted by atomic mass is 9.95. The first-order valence-electron chi connectivity index (χ1n) is 7.82. The Morgan fingerprint density at radius 2 is 1.56 bits per heavy atom. The predicted molar refractivity (Wildman–Crippen MR) is 74.5 cm³/mol. The second-order valence-corrected chi connectivity index (χ2v) is 5.96. The van der Waals surface area contributed by atoms with Crippen molar-refractivity contribution in [3.63, 3.8) is 0 Å². The SMILES string of the molecule is CC(NC1CCCCC1)C(=O)N1CCCCCC1. The van der Waals surface area contributed by atoms with Crippen LogP contribution in [-0.4, -0.2) is 36.0 Å². The Hall–Kier alpha value is -0.570. The summed E-state index contributed by atoms with van der Waals surface area (Å²) in [6.07, 6.45) is 11.4. The van der Waals surface area contributed by atoms with E-state index < -0.39 is 0 Å². The van der Waals surface area contributed by atoms with Crippen LogP contribution in [-0.2, 0) is 4.79 Å². The van der Waals surface area contributed by atoms with Gasteiger partial charge in [-0.25, -0.2) is 0 Å². The molecule has 1 atom stereocenters. The van der Waals surface area contributed by atoms with Gasteiger partial charge in [0.05, 0.1) is 6.04 Å². The molecule has 2 fully saturated rings. The molecule has 2 aliphatic rings. The fourth-order valence-electron chi connectivity index (χ4n) is 3.26. The molecule has 1 saturated heterocycles. The molecule has 1 unspecified atom stereocenters. The monoisotopic (exact) mass is 252 g/mol. The van der Waals surface area contributed by atoms with E-state index in [1.54, 1.807) is 0 Å². The third-order valence-electron chi connectivity index (χ3n) is 4.38. The number of nitrogens with zero attached hydrogens (tertiary/aromatic N) is 1. The highest BCUT2D eigenvalue weighted by Crippen LogP contribution is 2.18. The minimum Gasteiger partial charge on any atom is -0.341 e. The summed E-state index contributed by atoms with van der Waals surface area (Å²) >= 11 is 0. The van der Waals surface area contributed by atoms with Crippen LogP contribution in [0.25, 0.3) is 0 Å². The summed E-state index contributed by atoms with van der Waals surface area (Å²) in [6.45, 7) is 3.98. The smallest absolute Gasteiger partial charge is 0.239 e. The van der Waals surface area contributed by atoms with Crippen molar-refractivity contribution in [3.8, 4) is 0 Å². The molecular weight excluding hydrogens is 224 g/mol. The van der Waals surface area contributed by atoms with Crippen molar-refractivity contribution in [1.29, 1.82) is 0 Å². The third-order valence-corrected chi connectivity index (χ3v) is 4.38. The van der Waals surface area contributed by atoms with Crippen molar-refractivity contribution in [3.05, 3.63) is 0 Å². The van der Waals surface area contributed by atoms with Gasteiger partial charge >= 0.3 is 0 Å². The lowest BCUT2D eigenvalue weighted by Crippen LogP contribution is -2.49. The van der Waals surface area contributed by atoms with Crippen LogP contribution in [0, 0.1) is 0 Å². The minimum absolute atomic E-state index is 0.00574. The summed E-state index contributed by atoms with van der Waals surface area (Å²) in [7, 11) is 0. The van der Waals surface area contributed by atoms with Crippen LogP contribution in [0.3, 0.4) is 0 Å². The van der Waals surface area contributed by atoms with E-state index in [9.17, 15) is 4.79 Å². The number of hydrogen-bond donors (Lipinski definition) is 1. The van der Waals surface area contributed by atoms with E-state index in [4.69, 9.17) is 0 Å². The molecule has 0 aromatic carbocycles. The number of carbonyl (C=O) groups is 1. The molecule has 0 aromatic rings. The first kappa shape index (κ1) is 13.9. The van der Waals surface area contributed by atoms with Gasteiger partial charge in [-0.2, -0.15) is 0 Å². The Morgan fingerprint density at radius 3 is 2.17 bits per heavy atom. The topological polar surface area (TPSA) is 32.3 Å². The summed E-state index contributed by atoms with van der Waals surface area (Å²) in [4.78, 5) is 14.5. The van der Waals surface area contributed by atoms with Crippen molar-refractivity contribution in [1.82, 2.24) is 10.2 Å². The standard InChI is InChI=1S/C15H28N2O/c1-13(16-14-9-5-4-6-10-14)15(18)17-11-7-2-3-8-12-17/h13-14,16H,2-12H2,1H3. The zero-order valence-electron chi connectivity index (χ0n) is 11.8. The van der Waals surface area contributed by atoms with Gasteiger partial charge in [0.15, 0.2) is 0 Å². The number of rotatable bonds is 3.